The van der Waals surface area contributed by atoms with E-state index < -0.39 is 12.0 Å². The largest absolute Gasteiger partial charge is 0.491 e. The monoisotopic (exact) mass is 643 g/mol. The van der Waals surface area contributed by atoms with E-state index in [9.17, 15) is 14.7 Å². The van der Waals surface area contributed by atoms with E-state index in [-0.39, 0.29) is 12.5 Å². The van der Waals surface area contributed by atoms with Crippen molar-refractivity contribution in [1.82, 2.24) is 10.6 Å². The Bertz CT molecular complexity index is 835. The number of hydrogen-bond acceptors (Lipinski definition) is 5. The maximum absolute atomic E-state index is 12.2. The molecule has 0 heterocycles. The molecule has 0 fully saturated rings. The molecule has 7 nitrogen and oxygen atoms in total. The van der Waals surface area contributed by atoms with Crippen molar-refractivity contribution >= 4 is 43.7 Å². The van der Waals surface area contributed by atoms with E-state index in [0.717, 1.165) is 18.8 Å². The lowest BCUT2D eigenvalue weighted by molar-refractivity contribution is -0.121. The van der Waals surface area contributed by atoms with Gasteiger partial charge in [0.05, 0.1) is 21.7 Å². The van der Waals surface area contributed by atoms with Crippen molar-refractivity contribution in [2.75, 3.05) is 19.7 Å². The molecule has 0 aliphatic carbocycles. The van der Waals surface area contributed by atoms with Crippen LogP contribution < -0.4 is 15.4 Å². The highest BCUT2D eigenvalue weighted by molar-refractivity contribution is 9.11. The number of halogens is 2. The van der Waals surface area contributed by atoms with Crippen molar-refractivity contribution in [3.8, 4) is 11.8 Å². The van der Waals surface area contributed by atoms with Gasteiger partial charge in [-0.3, -0.25) is 9.59 Å². The lowest BCUT2D eigenvalue weighted by Crippen LogP contribution is -2.28. The zero-order valence-corrected chi connectivity index (χ0v) is 25.5. The summed E-state index contributed by atoms with van der Waals surface area (Å²) >= 11 is 6.93. The Morgan fingerprint density at radius 3 is 2.08 bits per heavy atom. The molecule has 0 saturated carbocycles. The third-order valence-corrected chi connectivity index (χ3v) is 7.22. The molecule has 0 aromatic heterocycles. The molecule has 1 aromatic carbocycles. The highest BCUT2D eigenvalue weighted by Gasteiger charge is 2.15. The first-order valence-corrected chi connectivity index (χ1v) is 15.1. The molecule has 0 bridgehead atoms. The van der Waals surface area contributed by atoms with Crippen LogP contribution in [-0.2, 0) is 9.59 Å². The first kappa shape index (κ1) is 33.4. The highest BCUT2D eigenvalue weighted by Crippen LogP contribution is 2.36. The van der Waals surface area contributed by atoms with E-state index in [1.165, 1.54) is 57.4 Å². The second-order valence-corrected chi connectivity index (χ2v) is 11.5. The van der Waals surface area contributed by atoms with Gasteiger partial charge in [0, 0.05) is 19.5 Å². The topological polar surface area (TPSA) is 111 Å². The third-order valence-electron chi connectivity index (χ3n) is 6.04. The standard InChI is InChI=1S/C28H43Br2N3O4/c1-21(2)13-10-8-6-4-3-5-7-9-11-14-26(35)33-20-25(34)22-17-23(29)28(24(30)18-22)37-16-12-15-32-27(36)19-31/h17-18,21,25,34H,3-16,20H2,1-2H3,(H,32,36)(H,33,35)/t25-/m0/s1. The van der Waals surface area contributed by atoms with Crippen LogP contribution in [0.15, 0.2) is 21.1 Å². The number of carbonyl (C=O) groups is 2. The average molecular weight is 645 g/mol. The predicted molar refractivity (Wildman–Crippen MR) is 154 cm³/mol. The van der Waals surface area contributed by atoms with Crippen LogP contribution in [0.1, 0.15) is 103 Å². The van der Waals surface area contributed by atoms with Crippen LogP contribution in [0.5, 0.6) is 5.75 Å². The molecule has 0 saturated heterocycles. The Kier molecular flexibility index (Phi) is 18.4. The number of amides is 2. The minimum absolute atomic E-state index is 0.0363. The summed E-state index contributed by atoms with van der Waals surface area (Å²) in [4.78, 5) is 23.1. The summed E-state index contributed by atoms with van der Waals surface area (Å²) in [7, 11) is 0. The molecule has 1 rings (SSSR count). The molecule has 0 spiro atoms. The number of nitriles is 1. The molecule has 0 unspecified atom stereocenters. The van der Waals surface area contributed by atoms with Gasteiger partial charge in [-0.2, -0.15) is 5.26 Å². The van der Waals surface area contributed by atoms with Gasteiger partial charge in [-0.25, -0.2) is 0 Å². The summed E-state index contributed by atoms with van der Waals surface area (Å²) in [5.41, 5.74) is 0.650. The Morgan fingerprint density at radius 2 is 1.51 bits per heavy atom. The summed E-state index contributed by atoms with van der Waals surface area (Å²) in [6.45, 7) is 5.40. The minimum Gasteiger partial charge on any atom is -0.491 e. The SMILES string of the molecule is CC(C)CCCCCCCCCCCC(=O)NC[C@H](O)c1cc(Br)c(OCCCNC(=O)C#N)c(Br)c1. The second-order valence-electron chi connectivity index (χ2n) is 9.82. The van der Waals surface area contributed by atoms with Crippen molar-refractivity contribution in [3.63, 3.8) is 0 Å². The Morgan fingerprint density at radius 1 is 0.946 bits per heavy atom. The molecule has 1 atom stereocenters. The molecule has 2 amide bonds. The van der Waals surface area contributed by atoms with Gasteiger partial charge in [0.15, 0.2) is 6.07 Å². The van der Waals surface area contributed by atoms with Crippen LogP contribution in [0.25, 0.3) is 0 Å². The highest BCUT2D eigenvalue weighted by atomic mass is 79.9. The number of nitrogens with zero attached hydrogens (tertiary/aromatic N) is 1. The molecule has 0 radical (unpaired) electrons. The normalized spacial score (nSPS) is 11.7. The van der Waals surface area contributed by atoms with Gasteiger partial charge in [-0.1, -0.05) is 71.6 Å². The number of carbonyl (C=O) groups excluding carboxylic acids is 2. The Balaban J connectivity index is 2.21. The predicted octanol–water partition coefficient (Wildman–Crippen LogP) is 6.72. The summed E-state index contributed by atoms with van der Waals surface area (Å²) in [5.74, 6) is 0.693. The van der Waals surface area contributed by atoms with Crippen molar-refractivity contribution in [2.45, 2.75) is 97.0 Å². The molecule has 1 aromatic rings. The van der Waals surface area contributed by atoms with Crippen LogP contribution in [0, 0.1) is 17.2 Å². The van der Waals surface area contributed by atoms with E-state index in [4.69, 9.17) is 10.00 Å². The van der Waals surface area contributed by atoms with Crippen LogP contribution in [0.4, 0.5) is 0 Å². The molecule has 0 aliphatic rings. The number of hydrogen-bond donors (Lipinski definition) is 3. The summed E-state index contributed by atoms with van der Waals surface area (Å²) < 4.78 is 7.08. The van der Waals surface area contributed by atoms with E-state index in [0.29, 0.717) is 46.3 Å². The van der Waals surface area contributed by atoms with Gasteiger partial charge in [0.2, 0.25) is 5.91 Å². The maximum atomic E-state index is 12.2. The number of unbranched alkanes of at least 4 members (excludes halogenated alkanes) is 8. The fraction of sp³-hybridized carbons (Fsp3) is 0.679. The van der Waals surface area contributed by atoms with Crippen molar-refractivity contribution in [3.05, 3.63) is 26.6 Å². The van der Waals surface area contributed by atoms with E-state index >= 15 is 0 Å². The van der Waals surface area contributed by atoms with Gasteiger partial charge in [-0.05, 0) is 68.3 Å². The van der Waals surface area contributed by atoms with E-state index in [1.807, 2.05) is 0 Å². The number of ether oxygens (including phenoxy) is 1. The molecular weight excluding hydrogens is 602 g/mol. The van der Waals surface area contributed by atoms with Crippen molar-refractivity contribution in [1.29, 1.82) is 5.26 Å². The van der Waals surface area contributed by atoms with E-state index in [2.05, 4.69) is 56.3 Å². The van der Waals surface area contributed by atoms with Crippen LogP contribution >= 0.6 is 31.9 Å². The third kappa shape index (κ3) is 16.0. The first-order valence-electron chi connectivity index (χ1n) is 13.5. The summed E-state index contributed by atoms with van der Waals surface area (Å²) in [5, 5.41) is 24.3. The number of aliphatic hydroxyl groups excluding tert-OH is 1. The smallest absolute Gasteiger partial charge is 0.322 e. The van der Waals surface area contributed by atoms with Gasteiger partial charge < -0.3 is 20.5 Å². The number of aliphatic hydroxyl groups is 1. The van der Waals surface area contributed by atoms with E-state index in [1.54, 1.807) is 12.1 Å². The average Bonchev–Trinajstić information content (AvgIpc) is 2.86. The zero-order chi connectivity index (χ0) is 27.5. The maximum Gasteiger partial charge on any atom is 0.322 e. The van der Waals surface area contributed by atoms with Crippen LogP contribution in [0.2, 0.25) is 0 Å². The Labute approximate surface area is 239 Å². The Hall–Kier alpha value is -1.63. The summed E-state index contributed by atoms with van der Waals surface area (Å²) in [6.07, 6.45) is 12.5. The van der Waals surface area contributed by atoms with Crippen molar-refractivity contribution in [2.24, 2.45) is 5.92 Å². The fourth-order valence-corrected chi connectivity index (χ4v) is 5.34. The molecule has 37 heavy (non-hydrogen) atoms. The molecule has 208 valence electrons. The lowest BCUT2D eigenvalue weighted by Gasteiger charge is -2.16. The first-order chi connectivity index (χ1) is 17.7. The second kappa shape index (κ2) is 20.3. The van der Waals surface area contributed by atoms with Gasteiger partial charge in [0.25, 0.3) is 0 Å². The quantitative estimate of drug-likeness (QED) is 0.108. The molecular formula is C28H43Br2N3O4. The zero-order valence-electron chi connectivity index (χ0n) is 22.3. The molecule has 0 aliphatic heterocycles. The molecule has 9 heteroatoms. The fourth-order valence-electron chi connectivity index (χ4n) is 3.89. The lowest BCUT2D eigenvalue weighted by atomic mass is 10.0. The number of rotatable bonds is 20. The number of benzene rings is 1. The van der Waals surface area contributed by atoms with Gasteiger partial charge in [0.1, 0.15) is 5.75 Å². The van der Waals surface area contributed by atoms with Gasteiger partial charge >= 0.3 is 5.91 Å². The van der Waals surface area contributed by atoms with Gasteiger partial charge in [-0.15, -0.1) is 0 Å². The summed E-state index contributed by atoms with van der Waals surface area (Å²) in [6, 6.07) is 5.02. The number of nitrogens with one attached hydrogen (secondary N) is 2. The molecule has 3 N–H and O–H groups in total. The van der Waals surface area contributed by atoms with Crippen LogP contribution in [0.3, 0.4) is 0 Å². The van der Waals surface area contributed by atoms with Crippen molar-refractivity contribution < 1.29 is 19.4 Å². The van der Waals surface area contributed by atoms with Crippen LogP contribution in [-0.4, -0.2) is 36.6 Å². The minimum atomic E-state index is -0.840.